The first-order valence-electron chi connectivity index (χ1n) is 5.71. The number of ether oxygens (including phenoxy) is 2. The Morgan fingerprint density at radius 1 is 1.17 bits per heavy atom. The first-order valence-corrected chi connectivity index (χ1v) is 7.12. The lowest BCUT2D eigenvalue weighted by molar-refractivity contribution is 0.0182. The van der Waals surface area contributed by atoms with Crippen molar-refractivity contribution in [2.45, 2.75) is 24.7 Å². The third kappa shape index (κ3) is 4.64. The van der Waals surface area contributed by atoms with Crippen LogP contribution < -0.4 is 4.74 Å². The van der Waals surface area contributed by atoms with Crippen LogP contribution in [0, 0.1) is 0 Å². The second kappa shape index (κ2) is 7.35. The van der Waals surface area contributed by atoms with E-state index in [0.29, 0.717) is 12.4 Å². The van der Waals surface area contributed by atoms with Crippen molar-refractivity contribution in [1.29, 1.82) is 0 Å². The van der Waals surface area contributed by atoms with E-state index in [1.165, 1.54) is 19.2 Å². The van der Waals surface area contributed by atoms with Crippen molar-refractivity contribution in [3.63, 3.8) is 0 Å². The van der Waals surface area contributed by atoms with E-state index in [2.05, 4.69) is 0 Å². The summed E-state index contributed by atoms with van der Waals surface area (Å²) in [7, 11) is -2.24. The van der Waals surface area contributed by atoms with Crippen LogP contribution in [0.15, 0.2) is 29.2 Å². The molecule has 0 atom stereocenters. The number of methoxy groups -OCH3 is 1. The second-order valence-electron chi connectivity index (χ2n) is 3.63. The van der Waals surface area contributed by atoms with Crippen LogP contribution in [0.3, 0.4) is 0 Å². The lowest BCUT2D eigenvalue weighted by Gasteiger charge is -2.07. The molecule has 6 heteroatoms. The zero-order chi connectivity index (χ0) is 13.4. The molecule has 102 valence electrons. The topological polar surface area (TPSA) is 61.8 Å². The van der Waals surface area contributed by atoms with Gasteiger partial charge in [-0.3, -0.25) is 0 Å². The monoisotopic (exact) mass is 274 g/mol. The van der Waals surface area contributed by atoms with E-state index < -0.39 is 10.1 Å². The van der Waals surface area contributed by atoms with Gasteiger partial charge in [0.2, 0.25) is 0 Å². The molecule has 0 bridgehead atoms. The molecule has 0 amide bonds. The van der Waals surface area contributed by atoms with E-state index in [1.54, 1.807) is 12.1 Å². The largest absolute Gasteiger partial charge is 0.497 e. The van der Waals surface area contributed by atoms with Crippen LogP contribution in [0.1, 0.15) is 19.8 Å². The summed E-state index contributed by atoms with van der Waals surface area (Å²) in [6.07, 6.45) is 1.87. The maximum absolute atomic E-state index is 11.7. The highest BCUT2D eigenvalue weighted by Gasteiger charge is 2.14. The summed E-state index contributed by atoms with van der Waals surface area (Å²) < 4.78 is 38.2. The number of hydrogen-bond donors (Lipinski definition) is 0. The molecule has 18 heavy (non-hydrogen) atoms. The molecule has 1 aromatic rings. The van der Waals surface area contributed by atoms with Gasteiger partial charge in [-0.2, -0.15) is 8.42 Å². The fourth-order valence-corrected chi connectivity index (χ4v) is 2.01. The minimum atomic E-state index is -3.75. The third-order valence-electron chi connectivity index (χ3n) is 2.28. The van der Waals surface area contributed by atoms with E-state index >= 15 is 0 Å². The normalized spacial score (nSPS) is 11.4. The summed E-state index contributed by atoms with van der Waals surface area (Å²) in [6, 6.07) is 5.99. The molecular formula is C12H18O5S. The summed E-state index contributed by atoms with van der Waals surface area (Å²) in [6.45, 7) is 2.27. The maximum atomic E-state index is 11.7. The number of rotatable bonds is 8. The summed E-state index contributed by atoms with van der Waals surface area (Å²) in [4.78, 5) is 0.0855. The lowest BCUT2D eigenvalue weighted by atomic mass is 10.3. The Balaban J connectivity index is 2.51. The van der Waals surface area contributed by atoms with Gasteiger partial charge in [0, 0.05) is 6.61 Å². The number of hydrogen-bond acceptors (Lipinski definition) is 5. The first kappa shape index (κ1) is 14.9. The van der Waals surface area contributed by atoms with Gasteiger partial charge in [0.15, 0.2) is 6.79 Å². The molecule has 0 radical (unpaired) electrons. The van der Waals surface area contributed by atoms with Gasteiger partial charge in [0.1, 0.15) is 5.75 Å². The molecule has 0 aliphatic carbocycles. The molecular weight excluding hydrogens is 256 g/mol. The van der Waals surface area contributed by atoms with Gasteiger partial charge < -0.3 is 9.47 Å². The smallest absolute Gasteiger partial charge is 0.299 e. The summed E-state index contributed by atoms with van der Waals surface area (Å²) in [5, 5.41) is 0. The molecule has 0 saturated carbocycles. The Kier molecular flexibility index (Phi) is 6.11. The summed E-state index contributed by atoms with van der Waals surface area (Å²) in [5.74, 6) is 0.591. The Bertz CT molecular complexity index is 438. The highest BCUT2D eigenvalue weighted by atomic mass is 32.2. The minimum absolute atomic E-state index is 0.0855. The van der Waals surface area contributed by atoms with Crippen molar-refractivity contribution in [3.8, 4) is 5.75 Å². The van der Waals surface area contributed by atoms with E-state index in [9.17, 15) is 8.42 Å². The number of benzene rings is 1. The zero-order valence-electron chi connectivity index (χ0n) is 10.6. The van der Waals surface area contributed by atoms with Gasteiger partial charge >= 0.3 is 0 Å². The zero-order valence-corrected chi connectivity index (χ0v) is 11.4. The summed E-state index contributed by atoms with van der Waals surface area (Å²) in [5.41, 5.74) is 0. The quantitative estimate of drug-likeness (QED) is 0.413. The van der Waals surface area contributed by atoms with Crippen molar-refractivity contribution in [1.82, 2.24) is 0 Å². The Morgan fingerprint density at radius 2 is 1.83 bits per heavy atom. The molecule has 0 aliphatic rings. The SMILES string of the molecule is CCCCOCOS(=O)(=O)c1ccc(OC)cc1. The van der Waals surface area contributed by atoms with Crippen LogP contribution >= 0.6 is 0 Å². The molecule has 0 aromatic heterocycles. The van der Waals surface area contributed by atoms with Crippen molar-refractivity contribution >= 4 is 10.1 Å². The van der Waals surface area contributed by atoms with Gasteiger partial charge in [-0.15, -0.1) is 0 Å². The second-order valence-corrected chi connectivity index (χ2v) is 5.24. The van der Waals surface area contributed by atoms with Crippen LogP contribution in [0.25, 0.3) is 0 Å². The van der Waals surface area contributed by atoms with Crippen molar-refractivity contribution in [2.75, 3.05) is 20.5 Å². The fourth-order valence-electron chi connectivity index (χ4n) is 1.21. The highest BCUT2D eigenvalue weighted by molar-refractivity contribution is 7.86. The predicted octanol–water partition coefficient (Wildman–Crippen LogP) is 2.17. The van der Waals surface area contributed by atoms with Crippen molar-refractivity contribution in [3.05, 3.63) is 24.3 Å². The molecule has 0 saturated heterocycles. The van der Waals surface area contributed by atoms with E-state index in [-0.39, 0.29) is 11.7 Å². The third-order valence-corrected chi connectivity index (χ3v) is 3.53. The highest BCUT2D eigenvalue weighted by Crippen LogP contribution is 2.17. The molecule has 0 unspecified atom stereocenters. The Hall–Kier alpha value is -1.11. The maximum Gasteiger partial charge on any atom is 0.299 e. The van der Waals surface area contributed by atoms with Gasteiger partial charge in [0.05, 0.1) is 12.0 Å². The summed E-state index contributed by atoms with van der Waals surface area (Å²) >= 11 is 0. The standard InChI is InChI=1S/C12H18O5S/c1-3-4-9-16-10-17-18(13,14)12-7-5-11(15-2)6-8-12/h5-8H,3-4,9-10H2,1-2H3. The predicted molar refractivity (Wildman–Crippen MR) is 67.0 cm³/mol. The van der Waals surface area contributed by atoms with Gasteiger partial charge in [0.25, 0.3) is 10.1 Å². The van der Waals surface area contributed by atoms with Crippen LogP contribution in [-0.2, 0) is 19.0 Å². The molecule has 0 spiro atoms. The molecule has 5 nitrogen and oxygen atoms in total. The fraction of sp³-hybridized carbons (Fsp3) is 0.500. The molecule has 1 rings (SSSR count). The Morgan fingerprint density at radius 3 is 2.39 bits per heavy atom. The molecule has 0 heterocycles. The van der Waals surface area contributed by atoms with Crippen LogP contribution in [0.5, 0.6) is 5.75 Å². The molecule has 0 fully saturated rings. The van der Waals surface area contributed by atoms with Crippen LogP contribution in [-0.4, -0.2) is 28.9 Å². The van der Waals surface area contributed by atoms with Crippen LogP contribution in [0.4, 0.5) is 0 Å². The van der Waals surface area contributed by atoms with Crippen LogP contribution in [0.2, 0.25) is 0 Å². The molecule has 0 aliphatic heterocycles. The van der Waals surface area contributed by atoms with Crippen molar-refractivity contribution < 1.29 is 22.1 Å². The first-order chi connectivity index (χ1) is 8.60. The van der Waals surface area contributed by atoms with Gasteiger partial charge in [-0.05, 0) is 30.7 Å². The minimum Gasteiger partial charge on any atom is -0.497 e. The van der Waals surface area contributed by atoms with E-state index in [4.69, 9.17) is 13.7 Å². The van der Waals surface area contributed by atoms with Gasteiger partial charge in [-0.1, -0.05) is 13.3 Å². The molecule has 1 aromatic carbocycles. The average Bonchev–Trinajstić information content (AvgIpc) is 2.38. The average molecular weight is 274 g/mol. The Labute approximate surface area is 108 Å². The van der Waals surface area contributed by atoms with Crippen molar-refractivity contribution in [2.24, 2.45) is 0 Å². The molecule has 0 N–H and O–H groups in total. The number of unbranched alkanes of at least 4 members (excludes halogenated alkanes) is 1. The van der Waals surface area contributed by atoms with E-state index in [1.807, 2.05) is 6.92 Å². The lowest BCUT2D eigenvalue weighted by Crippen LogP contribution is -2.10. The van der Waals surface area contributed by atoms with E-state index in [0.717, 1.165) is 12.8 Å². The van der Waals surface area contributed by atoms with Gasteiger partial charge in [-0.25, -0.2) is 4.18 Å².